The fraction of sp³-hybridized carbons (Fsp3) is 0.0909. The summed E-state index contributed by atoms with van der Waals surface area (Å²) in [5.74, 6) is 0.980. The summed E-state index contributed by atoms with van der Waals surface area (Å²) >= 11 is 20.2. The molecule has 1 atom stereocenters. The van der Waals surface area contributed by atoms with E-state index in [2.05, 4.69) is 4.98 Å². The highest BCUT2D eigenvalue weighted by Gasteiger charge is 2.19. The van der Waals surface area contributed by atoms with Crippen molar-refractivity contribution < 1.29 is 14.3 Å². The van der Waals surface area contributed by atoms with Crippen LogP contribution in [0.15, 0.2) is 54.6 Å². The number of para-hydroxylation sites is 1. The summed E-state index contributed by atoms with van der Waals surface area (Å²) in [4.78, 5) is 15.8. The summed E-state index contributed by atoms with van der Waals surface area (Å²) in [5.41, 5.74) is 7.25. The van der Waals surface area contributed by atoms with Gasteiger partial charge in [0.05, 0.1) is 25.8 Å². The summed E-state index contributed by atoms with van der Waals surface area (Å²) in [6, 6.07) is 16.0. The van der Waals surface area contributed by atoms with Crippen molar-refractivity contribution in [2.24, 2.45) is 5.73 Å². The van der Waals surface area contributed by atoms with Crippen LogP contribution in [0.3, 0.4) is 0 Å². The first kappa shape index (κ1) is 21.7. The first-order valence-corrected chi connectivity index (χ1v) is 11.1. The molecule has 31 heavy (non-hydrogen) atoms. The number of thiazole rings is 1. The van der Waals surface area contributed by atoms with Crippen LogP contribution in [-0.2, 0) is 0 Å². The predicted molar refractivity (Wildman–Crippen MR) is 126 cm³/mol. The van der Waals surface area contributed by atoms with E-state index in [1.54, 1.807) is 24.3 Å². The number of aromatic nitrogens is 1. The summed E-state index contributed by atoms with van der Waals surface area (Å²) < 4.78 is 12.1. The van der Waals surface area contributed by atoms with Gasteiger partial charge in [-0.25, -0.2) is 9.78 Å². The summed E-state index contributed by atoms with van der Waals surface area (Å²) in [6.07, 6.45) is -1.30. The maximum absolute atomic E-state index is 11.2. The van der Waals surface area contributed by atoms with Gasteiger partial charge < -0.3 is 15.2 Å². The van der Waals surface area contributed by atoms with Crippen molar-refractivity contribution in [2.75, 3.05) is 0 Å². The van der Waals surface area contributed by atoms with Crippen LogP contribution >= 0.6 is 46.1 Å². The lowest BCUT2D eigenvalue weighted by atomic mass is 10.1. The van der Waals surface area contributed by atoms with E-state index in [0.29, 0.717) is 42.7 Å². The zero-order valence-corrected chi connectivity index (χ0v) is 19.1. The molecule has 4 rings (SSSR count). The zero-order valence-electron chi connectivity index (χ0n) is 16.1. The predicted octanol–water partition coefficient (Wildman–Crippen LogP) is 7.52. The summed E-state index contributed by atoms with van der Waals surface area (Å²) in [5, 5.41) is 1.96. The minimum absolute atomic E-state index is 0.351. The molecule has 5 nitrogen and oxygen atoms in total. The molecule has 0 saturated carbocycles. The fourth-order valence-electron chi connectivity index (χ4n) is 3.11. The molecule has 0 fully saturated rings. The second-order valence-electron chi connectivity index (χ2n) is 6.58. The Morgan fingerprint density at radius 2 is 1.81 bits per heavy atom. The van der Waals surface area contributed by atoms with Crippen LogP contribution in [0.25, 0.3) is 20.8 Å². The number of hydrogen-bond donors (Lipinski definition) is 1. The molecular weight excluding hydrogens is 479 g/mol. The van der Waals surface area contributed by atoms with Crippen LogP contribution in [0.1, 0.15) is 18.6 Å². The van der Waals surface area contributed by atoms with Crippen LogP contribution in [0, 0.1) is 0 Å². The Kier molecular flexibility index (Phi) is 6.25. The van der Waals surface area contributed by atoms with Crippen LogP contribution in [0.5, 0.6) is 11.5 Å². The first-order valence-electron chi connectivity index (χ1n) is 9.11. The number of fused-ring (bicyclic) bond motifs is 1. The number of carbonyl (C=O) groups excluding carboxylic acids is 1. The number of nitrogens with two attached hydrogens (primary N) is 1. The molecule has 0 aliphatic heterocycles. The minimum Gasteiger partial charge on any atom is -0.486 e. The van der Waals surface area contributed by atoms with Crippen LogP contribution in [-0.4, -0.2) is 11.1 Å². The van der Waals surface area contributed by atoms with Gasteiger partial charge in [0.25, 0.3) is 0 Å². The number of nitrogens with zero attached hydrogens (tertiary/aromatic N) is 1. The van der Waals surface area contributed by atoms with E-state index >= 15 is 0 Å². The third-order valence-corrected chi connectivity index (χ3v) is 6.69. The number of hydrogen-bond acceptors (Lipinski definition) is 5. The van der Waals surface area contributed by atoms with E-state index < -0.39 is 12.2 Å². The molecule has 0 spiro atoms. The highest BCUT2D eigenvalue weighted by molar-refractivity contribution is 7.21. The van der Waals surface area contributed by atoms with Crippen molar-refractivity contribution in [1.29, 1.82) is 0 Å². The Bertz CT molecular complexity index is 1290. The maximum Gasteiger partial charge on any atom is 0.409 e. The van der Waals surface area contributed by atoms with Gasteiger partial charge in [-0.15, -0.1) is 11.3 Å². The quantitative estimate of drug-likeness (QED) is 0.292. The third-order valence-electron chi connectivity index (χ3n) is 4.49. The van der Waals surface area contributed by atoms with Crippen LogP contribution in [0.4, 0.5) is 4.79 Å². The lowest BCUT2D eigenvalue weighted by molar-refractivity contribution is 0.211. The normalized spacial score (nSPS) is 12.0. The van der Waals surface area contributed by atoms with E-state index in [4.69, 9.17) is 50.0 Å². The van der Waals surface area contributed by atoms with E-state index in [-0.39, 0.29) is 0 Å². The molecule has 1 heterocycles. The Labute approximate surface area is 197 Å². The number of rotatable bonds is 5. The standard InChI is InChI=1S/C22H15Cl3N2O3S/c1-11(19-14(23)7-8-15(24)20(19)25)29-12-6-9-16-18(10-12)31-21(27-16)13-4-2-3-5-17(13)30-22(26)28/h2-11H,1H3,(H2,26,28). The van der Waals surface area contributed by atoms with Gasteiger partial charge in [0.15, 0.2) is 0 Å². The monoisotopic (exact) mass is 492 g/mol. The van der Waals surface area contributed by atoms with Gasteiger partial charge >= 0.3 is 6.09 Å². The molecule has 158 valence electrons. The second-order valence-corrected chi connectivity index (χ2v) is 8.81. The molecule has 0 radical (unpaired) electrons. The highest BCUT2D eigenvalue weighted by atomic mass is 35.5. The maximum atomic E-state index is 11.2. The number of amides is 1. The van der Waals surface area contributed by atoms with Gasteiger partial charge in [-0.2, -0.15) is 0 Å². The highest BCUT2D eigenvalue weighted by Crippen LogP contribution is 2.40. The Hall–Kier alpha value is -2.51. The molecule has 1 unspecified atom stereocenters. The molecule has 0 aliphatic rings. The summed E-state index contributed by atoms with van der Waals surface area (Å²) in [7, 11) is 0. The SMILES string of the molecule is CC(Oc1ccc2nc(-c3ccccc3OC(N)=O)sc2c1)c1c(Cl)ccc(Cl)c1Cl. The molecule has 2 N–H and O–H groups in total. The average Bonchev–Trinajstić information content (AvgIpc) is 3.14. The topological polar surface area (TPSA) is 74.4 Å². The number of ether oxygens (including phenoxy) is 2. The zero-order chi connectivity index (χ0) is 22.1. The number of halogens is 3. The first-order chi connectivity index (χ1) is 14.8. The molecule has 1 amide bonds. The van der Waals surface area contributed by atoms with Crippen molar-refractivity contribution in [3.05, 3.63) is 75.2 Å². The van der Waals surface area contributed by atoms with Gasteiger partial charge in [0.2, 0.25) is 0 Å². The lowest BCUT2D eigenvalue weighted by Gasteiger charge is -2.18. The van der Waals surface area contributed by atoms with E-state index in [9.17, 15) is 4.79 Å². The second kappa shape index (κ2) is 8.93. The van der Waals surface area contributed by atoms with Gasteiger partial charge in [-0.1, -0.05) is 46.9 Å². The fourth-order valence-corrected chi connectivity index (χ4v) is 4.98. The van der Waals surface area contributed by atoms with E-state index in [1.807, 2.05) is 37.3 Å². The number of benzene rings is 3. The van der Waals surface area contributed by atoms with Crippen molar-refractivity contribution in [3.8, 4) is 22.1 Å². The van der Waals surface area contributed by atoms with E-state index in [0.717, 1.165) is 10.2 Å². The Morgan fingerprint density at radius 1 is 1.06 bits per heavy atom. The largest absolute Gasteiger partial charge is 0.486 e. The molecular formula is C22H15Cl3N2O3S. The summed E-state index contributed by atoms with van der Waals surface area (Å²) in [6.45, 7) is 1.85. The minimum atomic E-state index is -0.878. The van der Waals surface area contributed by atoms with Crippen molar-refractivity contribution in [2.45, 2.75) is 13.0 Å². The van der Waals surface area contributed by atoms with Gasteiger partial charge in [0.1, 0.15) is 22.6 Å². The van der Waals surface area contributed by atoms with Crippen molar-refractivity contribution >= 4 is 62.4 Å². The van der Waals surface area contributed by atoms with Gasteiger partial charge in [-0.05, 0) is 49.4 Å². The Morgan fingerprint density at radius 3 is 2.58 bits per heavy atom. The molecule has 3 aromatic carbocycles. The molecule has 9 heteroatoms. The molecule has 1 aromatic heterocycles. The van der Waals surface area contributed by atoms with Gasteiger partial charge in [-0.3, -0.25) is 0 Å². The molecule has 0 bridgehead atoms. The van der Waals surface area contributed by atoms with Crippen molar-refractivity contribution in [3.63, 3.8) is 0 Å². The number of primary amides is 1. The lowest BCUT2D eigenvalue weighted by Crippen LogP contribution is -2.16. The third kappa shape index (κ3) is 4.57. The smallest absolute Gasteiger partial charge is 0.409 e. The number of carbonyl (C=O) groups is 1. The molecule has 0 saturated heterocycles. The van der Waals surface area contributed by atoms with Gasteiger partial charge in [0, 0.05) is 10.6 Å². The van der Waals surface area contributed by atoms with Crippen molar-refractivity contribution in [1.82, 2.24) is 4.98 Å². The molecule has 4 aromatic rings. The van der Waals surface area contributed by atoms with Crippen LogP contribution < -0.4 is 15.2 Å². The van der Waals surface area contributed by atoms with E-state index in [1.165, 1.54) is 11.3 Å². The Balaban J connectivity index is 1.65. The molecule has 0 aliphatic carbocycles. The van der Waals surface area contributed by atoms with Crippen LogP contribution in [0.2, 0.25) is 15.1 Å². The average molecular weight is 494 g/mol.